The number of carbonyl (C=O) groups is 2. The van der Waals surface area contributed by atoms with Crippen LogP contribution in [0.3, 0.4) is 0 Å². The Kier molecular flexibility index (Phi) is 7.88. The molecule has 0 aliphatic rings. The van der Waals surface area contributed by atoms with Crippen LogP contribution in [0.25, 0.3) is 0 Å². The van der Waals surface area contributed by atoms with E-state index in [1.54, 1.807) is 43.3 Å². The number of aromatic nitrogens is 1. The number of hydrogen-bond acceptors (Lipinski definition) is 4. The number of hydrogen-bond donors (Lipinski definition) is 2. The molecule has 0 radical (unpaired) electrons. The molecular formula is C23H20BrF2N3O2. The van der Waals surface area contributed by atoms with Gasteiger partial charge in [0.25, 0.3) is 5.91 Å². The summed E-state index contributed by atoms with van der Waals surface area (Å²) in [6, 6.07) is 11.2. The topological polar surface area (TPSA) is 82.9 Å². The van der Waals surface area contributed by atoms with E-state index < -0.39 is 17.5 Å². The fourth-order valence-electron chi connectivity index (χ4n) is 2.76. The van der Waals surface area contributed by atoms with Crippen molar-refractivity contribution in [2.75, 3.05) is 5.32 Å². The van der Waals surface area contributed by atoms with Gasteiger partial charge in [-0.15, -0.1) is 0 Å². The van der Waals surface area contributed by atoms with Crippen LogP contribution in [0.1, 0.15) is 46.2 Å². The Morgan fingerprint density at radius 1 is 1.03 bits per heavy atom. The molecule has 160 valence electrons. The monoisotopic (exact) mass is 487 g/mol. The number of nitrogens with one attached hydrogen (secondary N) is 2. The van der Waals surface area contributed by atoms with Crippen LogP contribution in [-0.2, 0) is 6.42 Å². The Morgan fingerprint density at radius 2 is 1.65 bits per heavy atom. The van der Waals surface area contributed by atoms with E-state index in [1.165, 1.54) is 6.20 Å². The van der Waals surface area contributed by atoms with Crippen LogP contribution in [0.15, 0.2) is 59.2 Å². The molecule has 0 spiro atoms. The molecule has 31 heavy (non-hydrogen) atoms. The lowest BCUT2D eigenvalue weighted by atomic mass is 9.97. The Hall–Kier alpha value is -3.26. The largest absolute Gasteiger partial charge is 0.307 e. The first-order chi connectivity index (χ1) is 14.2. The van der Waals surface area contributed by atoms with Crippen LogP contribution >= 0.6 is 15.9 Å². The van der Waals surface area contributed by atoms with Gasteiger partial charge in [-0.1, -0.05) is 31.7 Å². The molecular weight excluding hydrogens is 468 g/mol. The maximum Gasteiger partial charge on any atom is 0.257 e. The molecule has 1 heterocycles. The van der Waals surface area contributed by atoms with E-state index in [-0.39, 0.29) is 36.6 Å². The zero-order valence-corrected chi connectivity index (χ0v) is 17.4. The minimum atomic E-state index is -1.19. The molecule has 0 saturated heterocycles. The Morgan fingerprint density at radius 3 is 2.23 bits per heavy atom. The normalized spacial score (nSPS) is 10.2. The van der Waals surface area contributed by atoms with Crippen molar-refractivity contribution < 1.29 is 18.4 Å². The molecule has 0 atom stereocenters. The number of Topliss-reactive ketones (excluding diaryl/α,β-unsaturated/α-hetero) is 1. The second-order valence-electron chi connectivity index (χ2n) is 6.54. The summed E-state index contributed by atoms with van der Waals surface area (Å²) in [5.74, 6) is -3.19. The average Bonchev–Trinajstić information content (AvgIpc) is 2.72. The number of benzene rings is 2. The quantitative estimate of drug-likeness (QED) is 0.339. The van der Waals surface area contributed by atoms with Crippen molar-refractivity contribution in [3.63, 3.8) is 0 Å². The average molecular weight is 488 g/mol. The molecule has 1 amide bonds. The second kappa shape index (κ2) is 10.2. The molecule has 2 aromatic carbocycles. The number of ketones is 1. The molecule has 0 unspecified atom stereocenters. The van der Waals surface area contributed by atoms with Gasteiger partial charge in [-0.05, 0) is 58.2 Å². The fraction of sp³-hybridized carbons (Fsp3) is 0.130. The van der Waals surface area contributed by atoms with E-state index in [9.17, 15) is 18.4 Å². The molecule has 0 saturated carbocycles. The van der Waals surface area contributed by atoms with Gasteiger partial charge in [0.1, 0.15) is 5.82 Å². The van der Waals surface area contributed by atoms with Gasteiger partial charge >= 0.3 is 0 Å². The molecule has 0 fully saturated rings. The minimum absolute atomic E-state index is 0. The first-order valence-corrected chi connectivity index (χ1v) is 9.63. The van der Waals surface area contributed by atoms with Crippen molar-refractivity contribution in [2.45, 2.75) is 20.8 Å². The lowest BCUT2D eigenvalue weighted by Gasteiger charge is -2.11. The number of anilines is 1. The summed E-state index contributed by atoms with van der Waals surface area (Å²) in [5.41, 5.74) is 1.27. The first-order valence-electron chi connectivity index (χ1n) is 8.84. The van der Waals surface area contributed by atoms with Crippen molar-refractivity contribution in [2.24, 2.45) is 0 Å². The van der Waals surface area contributed by atoms with Gasteiger partial charge in [-0.3, -0.25) is 9.59 Å². The lowest BCUT2D eigenvalue weighted by molar-refractivity contribution is 0.0992. The van der Waals surface area contributed by atoms with E-state index >= 15 is 0 Å². The Balaban J connectivity index is 0.00000341. The molecule has 8 heteroatoms. The van der Waals surface area contributed by atoms with Gasteiger partial charge in [-0.25, -0.2) is 13.8 Å². The van der Waals surface area contributed by atoms with Gasteiger partial charge < -0.3 is 10.7 Å². The summed E-state index contributed by atoms with van der Waals surface area (Å²) in [6.07, 6.45) is 1.18. The highest BCUT2D eigenvalue weighted by Gasteiger charge is 2.19. The summed E-state index contributed by atoms with van der Waals surface area (Å²) in [6.45, 7) is 1.63. The number of pyridine rings is 1. The van der Waals surface area contributed by atoms with Crippen molar-refractivity contribution in [1.82, 2.24) is 4.98 Å². The van der Waals surface area contributed by atoms with E-state index in [4.69, 9.17) is 5.41 Å². The predicted octanol–water partition coefficient (Wildman–Crippen LogP) is 5.82. The van der Waals surface area contributed by atoms with Crippen LogP contribution in [0.5, 0.6) is 0 Å². The van der Waals surface area contributed by atoms with Gasteiger partial charge in [0.15, 0.2) is 17.4 Å². The van der Waals surface area contributed by atoms with Crippen LogP contribution in [0.4, 0.5) is 14.6 Å². The van der Waals surface area contributed by atoms with Crippen LogP contribution in [-0.4, -0.2) is 22.4 Å². The number of rotatable bonds is 6. The van der Waals surface area contributed by atoms with Crippen LogP contribution in [0, 0.1) is 17.0 Å². The van der Waals surface area contributed by atoms with Gasteiger partial charge in [0.2, 0.25) is 0 Å². The maximum absolute atomic E-state index is 13.8. The van der Waals surface area contributed by atoms with Crippen LogP contribution in [0.2, 0.25) is 0 Å². The zero-order chi connectivity index (χ0) is 21.8. The van der Waals surface area contributed by atoms with E-state index in [0.717, 1.165) is 12.1 Å². The summed E-state index contributed by atoms with van der Waals surface area (Å²) in [7, 11) is 0. The molecule has 0 aliphatic carbocycles. The van der Waals surface area contributed by atoms with Crippen LogP contribution < -0.4 is 5.32 Å². The van der Waals surface area contributed by atoms with Gasteiger partial charge in [0.05, 0.1) is 0 Å². The van der Waals surface area contributed by atoms with Gasteiger partial charge in [-0.2, -0.15) is 0 Å². The molecule has 5 nitrogen and oxygen atoms in total. The summed E-state index contributed by atoms with van der Waals surface area (Å²) in [5, 5.41) is 10.1. The second-order valence-corrected chi connectivity index (χ2v) is 7.46. The molecule has 0 bridgehead atoms. The Labute approximate surface area is 187 Å². The summed E-state index contributed by atoms with van der Waals surface area (Å²) >= 11 is 3.23. The Bertz CT molecular complexity index is 1130. The number of nitrogens with zero attached hydrogens (tertiary/aromatic N) is 1. The highest BCUT2D eigenvalue weighted by molar-refractivity contribution is 9.10. The van der Waals surface area contributed by atoms with Crippen molar-refractivity contribution in [1.29, 1.82) is 5.41 Å². The molecule has 2 N–H and O–H groups in total. The van der Waals surface area contributed by atoms with E-state index in [1.807, 2.05) is 0 Å². The first kappa shape index (κ1) is 24.0. The number of amides is 1. The lowest BCUT2D eigenvalue weighted by Crippen LogP contribution is -2.17. The van der Waals surface area contributed by atoms with Gasteiger partial charge in [0, 0.05) is 33.9 Å². The maximum atomic E-state index is 13.8. The fourth-order valence-corrected chi connectivity index (χ4v) is 2.99. The third-order valence-electron chi connectivity index (χ3n) is 4.35. The molecule has 3 rings (SSSR count). The highest BCUT2D eigenvalue weighted by atomic mass is 79.9. The molecule has 0 aliphatic heterocycles. The van der Waals surface area contributed by atoms with Crippen molar-refractivity contribution >= 4 is 39.1 Å². The number of carbonyl (C=O) groups excluding carboxylic acids is 2. The predicted molar refractivity (Wildman–Crippen MR) is 120 cm³/mol. The standard InChI is InChI=1S/C22H16BrF2N3O2.CH4/c1-12(26)13-2-4-14(5-3-13)20(29)9-15-8-18(24)19(25)10-17(15)22(30)28-21-7-6-16(23)11-27-21;/h2-8,10-11,26H,9H2,1H3,(H,27,28,30);1H4. The van der Waals surface area contributed by atoms with E-state index in [2.05, 4.69) is 26.2 Å². The summed E-state index contributed by atoms with van der Waals surface area (Å²) in [4.78, 5) is 29.3. The molecule has 3 aromatic rings. The minimum Gasteiger partial charge on any atom is -0.307 e. The SMILES string of the molecule is C.CC(=N)c1ccc(C(=O)Cc2cc(F)c(F)cc2C(=O)Nc2ccc(Br)cn2)cc1. The van der Waals surface area contributed by atoms with E-state index in [0.29, 0.717) is 21.3 Å². The van der Waals surface area contributed by atoms with Crippen molar-refractivity contribution in [3.05, 3.63) is 93.1 Å². The summed E-state index contributed by atoms with van der Waals surface area (Å²) < 4.78 is 28.4. The highest BCUT2D eigenvalue weighted by Crippen LogP contribution is 2.20. The smallest absolute Gasteiger partial charge is 0.257 e. The third-order valence-corrected chi connectivity index (χ3v) is 4.82. The molecule has 1 aromatic heterocycles. The van der Waals surface area contributed by atoms with Crippen molar-refractivity contribution in [3.8, 4) is 0 Å². The zero-order valence-electron chi connectivity index (χ0n) is 15.8. The number of halogens is 3. The third kappa shape index (κ3) is 5.88.